The molecule has 1 aromatic heterocycles. The molecule has 1 aromatic carbocycles. The molecule has 0 saturated carbocycles. The average molecular weight is 423 g/mol. The monoisotopic (exact) mass is 422 g/mol. The van der Waals surface area contributed by atoms with Gasteiger partial charge in [0.05, 0.1) is 10.8 Å². The van der Waals surface area contributed by atoms with Gasteiger partial charge in [-0.1, -0.05) is 13.3 Å². The SMILES string of the molecule is CCCCN1C[C@@H](C(=O)Nc2ccc(S(=O)(=O)Nc3nccs3)cc2)CC1=O. The molecule has 28 heavy (non-hydrogen) atoms. The van der Waals surface area contributed by atoms with Gasteiger partial charge in [0.2, 0.25) is 11.8 Å². The van der Waals surface area contributed by atoms with Crippen LogP contribution in [0.4, 0.5) is 10.8 Å². The number of unbranched alkanes of at least 4 members (excludes halogenated alkanes) is 1. The van der Waals surface area contributed by atoms with Gasteiger partial charge in [0.1, 0.15) is 0 Å². The van der Waals surface area contributed by atoms with Gasteiger partial charge in [-0.2, -0.15) is 0 Å². The van der Waals surface area contributed by atoms with E-state index < -0.39 is 10.0 Å². The minimum Gasteiger partial charge on any atom is -0.342 e. The number of anilines is 2. The number of thiazole rings is 1. The molecule has 0 spiro atoms. The largest absolute Gasteiger partial charge is 0.342 e. The van der Waals surface area contributed by atoms with Crippen LogP contribution in [0.15, 0.2) is 40.7 Å². The molecule has 2 N–H and O–H groups in total. The summed E-state index contributed by atoms with van der Waals surface area (Å²) in [5.41, 5.74) is 0.484. The Morgan fingerprint density at radius 2 is 2.07 bits per heavy atom. The predicted octanol–water partition coefficient (Wildman–Crippen LogP) is 2.53. The van der Waals surface area contributed by atoms with Crippen molar-refractivity contribution in [3.63, 3.8) is 0 Å². The number of nitrogens with zero attached hydrogens (tertiary/aromatic N) is 2. The summed E-state index contributed by atoms with van der Waals surface area (Å²) in [7, 11) is -3.73. The number of nitrogens with one attached hydrogen (secondary N) is 2. The van der Waals surface area contributed by atoms with Crippen LogP contribution in [0.25, 0.3) is 0 Å². The summed E-state index contributed by atoms with van der Waals surface area (Å²) in [4.78, 5) is 30.1. The van der Waals surface area contributed by atoms with Gasteiger partial charge in [-0.3, -0.25) is 14.3 Å². The quantitative estimate of drug-likeness (QED) is 0.680. The summed E-state index contributed by atoms with van der Waals surface area (Å²) >= 11 is 1.19. The molecule has 150 valence electrons. The van der Waals surface area contributed by atoms with Crippen LogP contribution in [-0.4, -0.2) is 43.2 Å². The molecule has 8 nitrogen and oxygen atoms in total. The van der Waals surface area contributed by atoms with Crippen LogP contribution in [0.3, 0.4) is 0 Å². The molecule has 1 aliphatic rings. The topological polar surface area (TPSA) is 108 Å². The Balaban J connectivity index is 1.60. The van der Waals surface area contributed by atoms with Gasteiger partial charge < -0.3 is 10.2 Å². The van der Waals surface area contributed by atoms with Crippen LogP contribution < -0.4 is 10.0 Å². The van der Waals surface area contributed by atoms with Crippen molar-refractivity contribution in [1.82, 2.24) is 9.88 Å². The molecule has 1 atom stereocenters. The molecule has 2 heterocycles. The van der Waals surface area contributed by atoms with Crippen molar-refractivity contribution >= 4 is 44.0 Å². The molecule has 0 bridgehead atoms. The number of likely N-dealkylation sites (tertiary alicyclic amines) is 1. The Morgan fingerprint density at radius 3 is 2.71 bits per heavy atom. The third-order valence-electron chi connectivity index (χ3n) is 4.45. The molecule has 1 saturated heterocycles. The zero-order chi connectivity index (χ0) is 20.1. The van der Waals surface area contributed by atoms with E-state index in [1.54, 1.807) is 10.3 Å². The Bertz CT molecular complexity index is 927. The van der Waals surface area contributed by atoms with E-state index >= 15 is 0 Å². The van der Waals surface area contributed by atoms with Crippen molar-refractivity contribution in [2.75, 3.05) is 23.1 Å². The standard InChI is InChI=1S/C18H22N4O4S2/c1-2-3-9-22-12-13(11-16(22)23)17(24)20-14-4-6-15(7-5-14)28(25,26)21-18-19-8-10-27-18/h4-8,10,13H,2-3,9,11-12H2,1H3,(H,19,21)(H,20,24)/t13-/m0/s1. The van der Waals surface area contributed by atoms with E-state index in [2.05, 4.69) is 21.9 Å². The molecule has 0 radical (unpaired) electrons. The number of hydrogen-bond acceptors (Lipinski definition) is 6. The van der Waals surface area contributed by atoms with Crippen LogP contribution in [0, 0.1) is 5.92 Å². The first-order valence-corrected chi connectivity index (χ1v) is 11.4. The van der Waals surface area contributed by atoms with Gasteiger partial charge in [-0.15, -0.1) is 11.3 Å². The highest BCUT2D eigenvalue weighted by Crippen LogP contribution is 2.22. The van der Waals surface area contributed by atoms with E-state index in [-0.39, 0.29) is 34.2 Å². The maximum absolute atomic E-state index is 12.4. The lowest BCUT2D eigenvalue weighted by atomic mass is 10.1. The van der Waals surface area contributed by atoms with Crippen molar-refractivity contribution < 1.29 is 18.0 Å². The molecule has 10 heteroatoms. The van der Waals surface area contributed by atoms with Crippen LogP contribution in [-0.2, 0) is 19.6 Å². The molecule has 1 fully saturated rings. The van der Waals surface area contributed by atoms with Gasteiger partial charge in [-0.05, 0) is 30.7 Å². The molecular formula is C18H22N4O4S2. The van der Waals surface area contributed by atoms with E-state index in [1.807, 2.05) is 0 Å². The highest BCUT2D eigenvalue weighted by molar-refractivity contribution is 7.93. The number of sulfonamides is 1. The molecule has 0 aliphatic carbocycles. The normalized spacial score (nSPS) is 17.0. The summed E-state index contributed by atoms with van der Waals surface area (Å²) in [5.74, 6) is -0.619. The second-order valence-corrected chi connectivity index (χ2v) is 9.13. The zero-order valence-corrected chi connectivity index (χ0v) is 17.1. The van der Waals surface area contributed by atoms with Gasteiger partial charge in [0.15, 0.2) is 5.13 Å². The first kappa shape index (κ1) is 20.3. The summed E-state index contributed by atoms with van der Waals surface area (Å²) in [6, 6.07) is 5.89. The fourth-order valence-electron chi connectivity index (χ4n) is 2.92. The van der Waals surface area contributed by atoms with Crippen molar-refractivity contribution in [1.29, 1.82) is 0 Å². The lowest BCUT2D eigenvalue weighted by molar-refractivity contribution is -0.128. The first-order valence-electron chi connectivity index (χ1n) is 9.00. The minimum absolute atomic E-state index is 0.00306. The van der Waals surface area contributed by atoms with Gasteiger partial charge in [0, 0.05) is 36.8 Å². The third-order valence-corrected chi connectivity index (χ3v) is 6.63. The molecule has 2 amide bonds. The fourth-order valence-corrected chi connectivity index (χ4v) is 4.71. The molecule has 2 aromatic rings. The van der Waals surface area contributed by atoms with E-state index in [0.717, 1.165) is 12.8 Å². The van der Waals surface area contributed by atoms with E-state index in [1.165, 1.54) is 41.8 Å². The first-order chi connectivity index (χ1) is 13.4. The number of aromatic nitrogens is 1. The number of carbonyl (C=O) groups excluding carboxylic acids is 2. The van der Waals surface area contributed by atoms with Crippen LogP contribution in [0.2, 0.25) is 0 Å². The Labute approximate surface area is 168 Å². The van der Waals surface area contributed by atoms with Crippen molar-refractivity contribution in [3.8, 4) is 0 Å². The van der Waals surface area contributed by atoms with E-state index in [9.17, 15) is 18.0 Å². The summed E-state index contributed by atoms with van der Waals surface area (Å²) in [6.45, 7) is 3.16. The lowest BCUT2D eigenvalue weighted by Crippen LogP contribution is -2.29. The Hall–Kier alpha value is -2.46. The number of amides is 2. The van der Waals surface area contributed by atoms with Crippen molar-refractivity contribution in [2.24, 2.45) is 5.92 Å². The summed E-state index contributed by atoms with van der Waals surface area (Å²) in [5, 5.41) is 4.72. The number of rotatable bonds is 8. The Morgan fingerprint density at radius 1 is 1.32 bits per heavy atom. The maximum atomic E-state index is 12.4. The summed E-state index contributed by atoms with van der Waals surface area (Å²) < 4.78 is 27.0. The second-order valence-electron chi connectivity index (χ2n) is 6.55. The van der Waals surface area contributed by atoms with Crippen LogP contribution in [0.5, 0.6) is 0 Å². The second kappa shape index (κ2) is 8.70. The number of carbonyl (C=O) groups is 2. The van der Waals surface area contributed by atoms with Crippen molar-refractivity contribution in [3.05, 3.63) is 35.8 Å². The van der Waals surface area contributed by atoms with Crippen LogP contribution >= 0.6 is 11.3 Å². The highest BCUT2D eigenvalue weighted by Gasteiger charge is 2.33. The minimum atomic E-state index is -3.73. The number of benzene rings is 1. The fraction of sp³-hybridized carbons (Fsp3) is 0.389. The lowest BCUT2D eigenvalue weighted by Gasteiger charge is -2.16. The molecular weight excluding hydrogens is 400 g/mol. The van der Waals surface area contributed by atoms with Crippen LogP contribution in [0.1, 0.15) is 26.2 Å². The Kier molecular flexibility index (Phi) is 6.30. The molecule has 1 aliphatic heterocycles. The number of hydrogen-bond donors (Lipinski definition) is 2. The highest BCUT2D eigenvalue weighted by atomic mass is 32.2. The smallest absolute Gasteiger partial charge is 0.263 e. The van der Waals surface area contributed by atoms with Gasteiger partial charge in [0.25, 0.3) is 10.0 Å². The zero-order valence-electron chi connectivity index (χ0n) is 15.4. The van der Waals surface area contributed by atoms with E-state index in [0.29, 0.717) is 18.8 Å². The maximum Gasteiger partial charge on any atom is 0.263 e. The van der Waals surface area contributed by atoms with Gasteiger partial charge >= 0.3 is 0 Å². The van der Waals surface area contributed by atoms with Gasteiger partial charge in [-0.25, -0.2) is 13.4 Å². The van der Waals surface area contributed by atoms with E-state index in [4.69, 9.17) is 0 Å². The molecule has 0 unspecified atom stereocenters. The third kappa shape index (κ3) is 4.87. The summed E-state index contributed by atoms with van der Waals surface area (Å²) in [6.07, 6.45) is 3.64. The van der Waals surface area contributed by atoms with Crippen molar-refractivity contribution in [2.45, 2.75) is 31.1 Å². The molecule has 3 rings (SSSR count). The predicted molar refractivity (Wildman–Crippen MR) is 108 cm³/mol. The average Bonchev–Trinajstić information content (AvgIpc) is 3.29.